The number of aromatic hydroxyl groups is 1. The highest BCUT2D eigenvalue weighted by atomic mass is 16.3. The third kappa shape index (κ3) is 2.77. The van der Waals surface area contributed by atoms with Crippen LogP contribution in [0, 0.1) is 0 Å². The van der Waals surface area contributed by atoms with Crippen LogP contribution in [0.25, 0.3) is 0 Å². The molecule has 1 aromatic carbocycles. The Balaban J connectivity index is 2.15. The van der Waals surface area contributed by atoms with Crippen molar-refractivity contribution in [2.75, 3.05) is 19.6 Å². The lowest BCUT2D eigenvalue weighted by atomic mass is 10.0. The van der Waals surface area contributed by atoms with Gasteiger partial charge in [-0.1, -0.05) is 6.07 Å². The maximum absolute atomic E-state index is 12.2. The lowest BCUT2D eigenvalue weighted by molar-refractivity contribution is 0.0652. The second kappa shape index (κ2) is 4.37. The van der Waals surface area contributed by atoms with Gasteiger partial charge in [0.25, 0.3) is 5.91 Å². The number of benzene rings is 1. The first kappa shape index (κ1) is 11.9. The molecule has 1 saturated heterocycles. The lowest BCUT2D eigenvalue weighted by Gasteiger charge is -2.39. The summed E-state index contributed by atoms with van der Waals surface area (Å²) in [5.74, 6) is 0.112. The average molecular weight is 234 g/mol. The van der Waals surface area contributed by atoms with Crippen LogP contribution < -0.4 is 5.32 Å². The third-order valence-corrected chi connectivity index (χ3v) is 2.95. The minimum absolute atomic E-state index is 0.0181. The van der Waals surface area contributed by atoms with Crippen LogP contribution in [0.5, 0.6) is 5.75 Å². The molecule has 1 aliphatic rings. The molecular formula is C13H18N2O2. The highest BCUT2D eigenvalue weighted by Crippen LogP contribution is 2.16. The van der Waals surface area contributed by atoms with Crippen LogP contribution >= 0.6 is 0 Å². The Hall–Kier alpha value is -1.55. The van der Waals surface area contributed by atoms with Gasteiger partial charge in [0, 0.05) is 30.7 Å². The van der Waals surface area contributed by atoms with Crippen molar-refractivity contribution >= 4 is 5.91 Å². The fraction of sp³-hybridized carbons (Fsp3) is 0.462. The summed E-state index contributed by atoms with van der Waals surface area (Å²) in [6, 6.07) is 6.50. The van der Waals surface area contributed by atoms with Crippen LogP contribution in [0.3, 0.4) is 0 Å². The Kier molecular flexibility index (Phi) is 3.07. The number of phenols is 1. The molecule has 0 radical (unpaired) electrons. The summed E-state index contributed by atoms with van der Waals surface area (Å²) >= 11 is 0. The zero-order valence-electron chi connectivity index (χ0n) is 10.2. The van der Waals surface area contributed by atoms with Gasteiger partial charge in [-0.3, -0.25) is 4.79 Å². The van der Waals surface area contributed by atoms with Crippen molar-refractivity contribution < 1.29 is 9.90 Å². The summed E-state index contributed by atoms with van der Waals surface area (Å²) in [5, 5.41) is 12.7. The van der Waals surface area contributed by atoms with E-state index in [1.165, 1.54) is 6.07 Å². The molecule has 4 heteroatoms. The van der Waals surface area contributed by atoms with E-state index in [1.807, 2.05) is 4.90 Å². The molecule has 0 spiro atoms. The maximum atomic E-state index is 12.2. The largest absolute Gasteiger partial charge is 0.508 e. The number of nitrogens with zero attached hydrogens (tertiary/aromatic N) is 1. The molecule has 1 heterocycles. The molecule has 1 fully saturated rings. The van der Waals surface area contributed by atoms with E-state index in [2.05, 4.69) is 19.2 Å². The van der Waals surface area contributed by atoms with Crippen LogP contribution in [-0.4, -0.2) is 41.1 Å². The Bertz CT molecular complexity index is 429. The predicted octanol–water partition coefficient (Wildman–Crippen LogP) is 1.22. The molecule has 1 aromatic rings. The van der Waals surface area contributed by atoms with Gasteiger partial charge in [0.15, 0.2) is 0 Å². The fourth-order valence-corrected chi connectivity index (χ4v) is 2.14. The molecule has 17 heavy (non-hydrogen) atoms. The number of phenolic OH excluding ortho intramolecular Hbond substituents is 1. The van der Waals surface area contributed by atoms with Crippen molar-refractivity contribution in [3.05, 3.63) is 29.8 Å². The van der Waals surface area contributed by atoms with Crippen LogP contribution in [0.15, 0.2) is 24.3 Å². The summed E-state index contributed by atoms with van der Waals surface area (Å²) in [6.45, 7) is 6.35. The average Bonchev–Trinajstić information content (AvgIpc) is 2.26. The van der Waals surface area contributed by atoms with Gasteiger partial charge >= 0.3 is 0 Å². The first-order valence-corrected chi connectivity index (χ1v) is 5.81. The highest BCUT2D eigenvalue weighted by Gasteiger charge is 2.28. The monoisotopic (exact) mass is 234 g/mol. The molecule has 0 bridgehead atoms. The topological polar surface area (TPSA) is 52.6 Å². The molecule has 2 N–H and O–H groups in total. The van der Waals surface area contributed by atoms with E-state index < -0.39 is 0 Å². The zero-order valence-corrected chi connectivity index (χ0v) is 10.2. The number of amides is 1. The number of carbonyl (C=O) groups excluding carboxylic acids is 1. The lowest BCUT2D eigenvalue weighted by Crippen LogP contribution is -2.58. The van der Waals surface area contributed by atoms with Crippen molar-refractivity contribution in [1.82, 2.24) is 10.2 Å². The van der Waals surface area contributed by atoms with Gasteiger partial charge in [0.2, 0.25) is 0 Å². The van der Waals surface area contributed by atoms with Crippen molar-refractivity contribution in [2.24, 2.45) is 0 Å². The van der Waals surface area contributed by atoms with E-state index in [9.17, 15) is 9.90 Å². The predicted molar refractivity (Wildman–Crippen MR) is 66.1 cm³/mol. The van der Waals surface area contributed by atoms with Crippen LogP contribution in [0.1, 0.15) is 24.2 Å². The van der Waals surface area contributed by atoms with Gasteiger partial charge in [0.1, 0.15) is 5.75 Å². The smallest absolute Gasteiger partial charge is 0.254 e. The van der Waals surface area contributed by atoms with Crippen molar-refractivity contribution in [2.45, 2.75) is 19.4 Å². The molecule has 92 valence electrons. The molecule has 0 atom stereocenters. The summed E-state index contributed by atoms with van der Waals surface area (Å²) in [4.78, 5) is 14.1. The number of rotatable bonds is 1. The molecule has 0 saturated carbocycles. The zero-order chi connectivity index (χ0) is 12.5. The normalized spacial score (nSPS) is 19.1. The van der Waals surface area contributed by atoms with Crippen molar-refractivity contribution in [3.8, 4) is 5.75 Å². The van der Waals surface area contributed by atoms with E-state index in [1.54, 1.807) is 18.2 Å². The van der Waals surface area contributed by atoms with E-state index in [4.69, 9.17) is 0 Å². The van der Waals surface area contributed by atoms with E-state index >= 15 is 0 Å². The minimum atomic E-state index is -0.0509. The van der Waals surface area contributed by atoms with Crippen molar-refractivity contribution in [3.63, 3.8) is 0 Å². The van der Waals surface area contributed by atoms with Gasteiger partial charge in [-0.05, 0) is 32.0 Å². The maximum Gasteiger partial charge on any atom is 0.254 e. The summed E-state index contributed by atoms with van der Waals surface area (Å²) in [6.07, 6.45) is 0. The van der Waals surface area contributed by atoms with Crippen LogP contribution in [0.2, 0.25) is 0 Å². The molecule has 4 nitrogen and oxygen atoms in total. The quantitative estimate of drug-likeness (QED) is 0.768. The number of hydrogen-bond donors (Lipinski definition) is 2. The second-order valence-electron chi connectivity index (χ2n) is 5.09. The number of nitrogens with one attached hydrogen (secondary N) is 1. The van der Waals surface area contributed by atoms with Gasteiger partial charge in [0.05, 0.1) is 0 Å². The highest BCUT2D eigenvalue weighted by molar-refractivity contribution is 5.94. The molecule has 0 unspecified atom stereocenters. The first-order chi connectivity index (χ1) is 7.98. The van der Waals surface area contributed by atoms with Crippen LogP contribution in [0.4, 0.5) is 0 Å². The molecule has 1 aliphatic heterocycles. The Morgan fingerprint density at radius 3 is 2.88 bits per heavy atom. The second-order valence-corrected chi connectivity index (χ2v) is 5.09. The van der Waals surface area contributed by atoms with Crippen molar-refractivity contribution in [1.29, 1.82) is 0 Å². The van der Waals surface area contributed by atoms with Gasteiger partial charge < -0.3 is 15.3 Å². The minimum Gasteiger partial charge on any atom is -0.508 e. The van der Waals surface area contributed by atoms with Gasteiger partial charge in [-0.2, -0.15) is 0 Å². The van der Waals surface area contributed by atoms with E-state index in [0.29, 0.717) is 18.7 Å². The first-order valence-electron chi connectivity index (χ1n) is 5.81. The Morgan fingerprint density at radius 1 is 1.47 bits per heavy atom. The summed E-state index contributed by atoms with van der Waals surface area (Å²) in [7, 11) is 0. The van der Waals surface area contributed by atoms with Crippen LogP contribution in [-0.2, 0) is 0 Å². The summed E-state index contributed by atoms with van der Waals surface area (Å²) in [5.41, 5.74) is 0.493. The molecule has 0 aromatic heterocycles. The number of carbonyl (C=O) groups is 1. The Morgan fingerprint density at radius 2 is 2.24 bits per heavy atom. The Labute approximate surface area is 101 Å². The number of hydrogen-bond acceptors (Lipinski definition) is 3. The SMILES string of the molecule is CC1(C)CN(C(=O)c2cccc(O)c2)CCN1. The molecule has 1 amide bonds. The third-order valence-electron chi connectivity index (χ3n) is 2.95. The van der Waals surface area contributed by atoms with Gasteiger partial charge in [-0.15, -0.1) is 0 Å². The molecular weight excluding hydrogens is 216 g/mol. The number of piperazine rings is 1. The summed E-state index contributed by atoms with van der Waals surface area (Å²) < 4.78 is 0. The standard InChI is InChI=1S/C13H18N2O2/c1-13(2)9-15(7-6-14-13)12(17)10-4-3-5-11(16)8-10/h3-5,8,14,16H,6-7,9H2,1-2H3. The molecule has 0 aliphatic carbocycles. The van der Waals surface area contributed by atoms with E-state index in [-0.39, 0.29) is 17.2 Å². The molecule has 2 rings (SSSR count). The fourth-order valence-electron chi connectivity index (χ4n) is 2.14. The van der Waals surface area contributed by atoms with Gasteiger partial charge in [-0.25, -0.2) is 0 Å². The van der Waals surface area contributed by atoms with E-state index in [0.717, 1.165) is 6.54 Å².